The Labute approximate surface area is 131 Å². The van der Waals surface area contributed by atoms with Crippen LogP contribution in [0.15, 0.2) is 58.0 Å². The lowest BCUT2D eigenvalue weighted by Crippen LogP contribution is -2.06. The van der Waals surface area contributed by atoms with Crippen LogP contribution in [0.25, 0.3) is 0 Å². The first-order chi connectivity index (χ1) is 9.72. The molecule has 3 rings (SSSR count). The van der Waals surface area contributed by atoms with E-state index in [1.54, 1.807) is 11.8 Å². The SMILES string of the molecule is Cc1cc(Br)ccc1NC1=NC(c2ccccc2)CS1. The van der Waals surface area contributed by atoms with Gasteiger partial charge in [0.15, 0.2) is 5.17 Å². The summed E-state index contributed by atoms with van der Waals surface area (Å²) in [5.41, 5.74) is 3.61. The maximum absolute atomic E-state index is 4.77. The van der Waals surface area contributed by atoms with Gasteiger partial charge in [-0.2, -0.15) is 0 Å². The van der Waals surface area contributed by atoms with E-state index in [0.717, 1.165) is 21.1 Å². The molecule has 0 saturated carbocycles. The van der Waals surface area contributed by atoms with E-state index in [1.807, 2.05) is 12.1 Å². The Morgan fingerprint density at radius 1 is 1.20 bits per heavy atom. The number of amidine groups is 1. The lowest BCUT2D eigenvalue weighted by molar-refractivity contribution is 0.849. The third-order valence-corrected chi connectivity index (χ3v) is 4.72. The van der Waals surface area contributed by atoms with Gasteiger partial charge in [0, 0.05) is 15.9 Å². The van der Waals surface area contributed by atoms with Crippen molar-refractivity contribution in [2.45, 2.75) is 13.0 Å². The number of anilines is 1. The molecule has 0 aromatic heterocycles. The lowest BCUT2D eigenvalue weighted by Gasteiger charge is -2.08. The topological polar surface area (TPSA) is 24.4 Å². The fourth-order valence-electron chi connectivity index (χ4n) is 2.17. The number of nitrogens with zero attached hydrogens (tertiary/aromatic N) is 1. The first kappa shape index (κ1) is 13.7. The van der Waals surface area contributed by atoms with Gasteiger partial charge < -0.3 is 5.32 Å². The fourth-order valence-corrected chi connectivity index (χ4v) is 3.61. The van der Waals surface area contributed by atoms with Gasteiger partial charge in [-0.25, -0.2) is 0 Å². The number of halogens is 1. The molecular formula is C16H15BrN2S. The van der Waals surface area contributed by atoms with E-state index in [-0.39, 0.29) is 6.04 Å². The molecule has 0 radical (unpaired) electrons. The second-order valence-electron chi connectivity index (χ2n) is 4.76. The van der Waals surface area contributed by atoms with Crippen LogP contribution in [-0.4, -0.2) is 10.9 Å². The van der Waals surface area contributed by atoms with Crippen LogP contribution in [-0.2, 0) is 0 Å². The summed E-state index contributed by atoms with van der Waals surface area (Å²) in [6, 6.07) is 17.0. The van der Waals surface area contributed by atoms with Crippen LogP contribution < -0.4 is 5.32 Å². The van der Waals surface area contributed by atoms with Crippen molar-refractivity contribution in [1.82, 2.24) is 0 Å². The third-order valence-electron chi connectivity index (χ3n) is 3.27. The summed E-state index contributed by atoms with van der Waals surface area (Å²) in [7, 11) is 0. The lowest BCUT2D eigenvalue weighted by atomic mass is 10.1. The zero-order chi connectivity index (χ0) is 13.9. The zero-order valence-electron chi connectivity index (χ0n) is 11.1. The van der Waals surface area contributed by atoms with Crippen molar-refractivity contribution < 1.29 is 0 Å². The van der Waals surface area contributed by atoms with Crippen LogP contribution in [0.5, 0.6) is 0 Å². The average molecular weight is 347 g/mol. The van der Waals surface area contributed by atoms with E-state index in [2.05, 4.69) is 64.6 Å². The number of hydrogen-bond donors (Lipinski definition) is 1. The van der Waals surface area contributed by atoms with Crippen molar-refractivity contribution in [3.63, 3.8) is 0 Å². The van der Waals surface area contributed by atoms with Gasteiger partial charge in [0.1, 0.15) is 0 Å². The maximum atomic E-state index is 4.77. The number of nitrogens with one attached hydrogen (secondary N) is 1. The minimum Gasteiger partial charge on any atom is -0.335 e. The van der Waals surface area contributed by atoms with Crippen molar-refractivity contribution in [1.29, 1.82) is 0 Å². The molecule has 20 heavy (non-hydrogen) atoms. The monoisotopic (exact) mass is 346 g/mol. The number of hydrogen-bond acceptors (Lipinski definition) is 3. The first-order valence-corrected chi connectivity index (χ1v) is 8.29. The standard InChI is InChI=1S/C16H15BrN2S/c1-11-9-13(17)7-8-14(11)18-16-19-15(10-20-16)12-5-3-2-4-6-12/h2-9,15H,10H2,1H3,(H,18,19). The number of aryl methyl sites for hydroxylation is 1. The molecule has 1 aliphatic rings. The molecule has 2 aromatic carbocycles. The Balaban J connectivity index is 1.76. The van der Waals surface area contributed by atoms with Gasteiger partial charge in [-0.05, 0) is 36.2 Å². The molecule has 0 fully saturated rings. The van der Waals surface area contributed by atoms with Gasteiger partial charge in [-0.3, -0.25) is 4.99 Å². The predicted octanol–water partition coefficient (Wildman–Crippen LogP) is 5.01. The van der Waals surface area contributed by atoms with E-state index < -0.39 is 0 Å². The molecule has 4 heteroatoms. The third kappa shape index (κ3) is 3.07. The highest BCUT2D eigenvalue weighted by molar-refractivity contribution is 9.10. The summed E-state index contributed by atoms with van der Waals surface area (Å²) in [5.74, 6) is 1.00. The van der Waals surface area contributed by atoms with Crippen LogP contribution in [0, 0.1) is 6.92 Å². The minimum absolute atomic E-state index is 0.263. The summed E-state index contributed by atoms with van der Waals surface area (Å²) in [4.78, 5) is 4.77. The Bertz CT molecular complexity index is 640. The van der Waals surface area contributed by atoms with Crippen LogP contribution in [0.4, 0.5) is 5.69 Å². The summed E-state index contributed by atoms with van der Waals surface area (Å²) < 4.78 is 1.10. The molecule has 0 amide bonds. The molecule has 2 nitrogen and oxygen atoms in total. The Morgan fingerprint density at radius 3 is 2.75 bits per heavy atom. The molecule has 1 aliphatic heterocycles. The molecule has 0 spiro atoms. The van der Waals surface area contributed by atoms with Crippen LogP contribution in [0.1, 0.15) is 17.2 Å². The van der Waals surface area contributed by atoms with Crippen molar-refractivity contribution >= 4 is 38.5 Å². The molecular weight excluding hydrogens is 332 g/mol. The van der Waals surface area contributed by atoms with Crippen molar-refractivity contribution in [2.24, 2.45) is 4.99 Å². The highest BCUT2D eigenvalue weighted by Gasteiger charge is 2.20. The zero-order valence-corrected chi connectivity index (χ0v) is 13.5. The second-order valence-corrected chi connectivity index (χ2v) is 6.68. The van der Waals surface area contributed by atoms with E-state index in [1.165, 1.54) is 11.1 Å². The number of rotatable bonds is 2. The molecule has 1 atom stereocenters. The molecule has 1 unspecified atom stereocenters. The number of thioether (sulfide) groups is 1. The second kappa shape index (κ2) is 6.02. The van der Waals surface area contributed by atoms with E-state index >= 15 is 0 Å². The Morgan fingerprint density at radius 2 is 2.00 bits per heavy atom. The maximum Gasteiger partial charge on any atom is 0.161 e. The summed E-state index contributed by atoms with van der Waals surface area (Å²) in [6.07, 6.45) is 0. The molecule has 0 saturated heterocycles. The van der Waals surface area contributed by atoms with Gasteiger partial charge in [0.2, 0.25) is 0 Å². The summed E-state index contributed by atoms with van der Waals surface area (Å²) >= 11 is 5.27. The van der Waals surface area contributed by atoms with Crippen molar-refractivity contribution in [3.05, 3.63) is 64.1 Å². The molecule has 0 aliphatic carbocycles. The van der Waals surface area contributed by atoms with Crippen LogP contribution in [0.3, 0.4) is 0 Å². The quantitative estimate of drug-likeness (QED) is 0.825. The van der Waals surface area contributed by atoms with Crippen LogP contribution >= 0.6 is 27.7 Å². The van der Waals surface area contributed by atoms with Gasteiger partial charge in [0.05, 0.1) is 6.04 Å². The minimum atomic E-state index is 0.263. The van der Waals surface area contributed by atoms with Gasteiger partial charge in [-0.1, -0.05) is 58.0 Å². The van der Waals surface area contributed by atoms with E-state index in [0.29, 0.717) is 0 Å². The summed E-state index contributed by atoms with van der Waals surface area (Å²) in [6.45, 7) is 2.10. The van der Waals surface area contributed by atoms with Crippen molar-refractivity contribution in [3.8, 4) is 0 Å². The molecule has 102 valence electrons. The smallest absolute Gasteiger partial charge is 0.161 e. The number of benzene rings is 2. The molecule has 0 bridgehead atoms. The Kier molecular flexibility index (Phi) is 4.13. The van der Waals surface area contributed by atoms with Crippen molar-refractivity contribution in [2.75, 3.05) is 11.1 Å². The fraction of sp³-hybridized carbons (Fsp3) is 0.188. The Hall–Kier alpha value is -1.26. The highest BCUT2D eigenvalue weighted by atomic mass is 79.9. The van der Waals surface area contributed by atoms with Gasteiger partial charge in [-0.15, -0.1) is 0 Å². The molecule has 1 N–H and O–H groups in total. The predicted molar refractivity (Wildman–Crippen MR) is 91.6 cm³/mol. The van der Waals surface area contributed by atoms with E-state index in [9.17, 15) is 0 Å². The van der Waals surface area contributed by atoms with E-state index in [4.69, 9.17) is 4.99 Å². The average Bonchev–Trinajstić information content (AvgIpc) is 2.92. The largest absolute Gasteiger partial charge is 0.335 e. The molecule has 2 aromatic rings. The highest BCUT2D eigenvalue weighted by Crippen LogP contribution is 2.31. The molecule has 1 heterocycles. The van der Waals surface area contributed by atoms with Gasteiger partial charge >= 0.3 is 0 Å². The van der Waals surface area contributed by atoms with Crippen LogP contribution in [0.2, 0.25) is 0 Å². The number of aliphatic imine (C=N–C) groups is 1. The van der Waals surface area contributed by atoms with Gasteiger partial charge in [0.25, 0.3) is 0 Å². The summed E-state index contributed by atoms with van der Waals surface area (Å²) in [5, 5.41) is 4.43. The normalized spacial score (nSPS) is 17.9. The first-order valence-electron chi connectivity index (χ1n) is 6.51.